The van der Waals surface area contributed by atoms with Crippen molar-refractivity contribution in [3.63, 3.8) is 0 Å². The second-order valence-electron chi connectivity index (χ2n) is 5.64. The van der Waals surface area contributed by atoms with Crippen molar-refractivity contribution in [2.75, 3.05) is 7.11 Å². The maximum absolute atomic E-state index is 11.4. The fourth-order valence-corrected chi connectivity index (χ4v) is 3.41. The van der Waals surface area contributed by atoms with Crippen molar-refractivity contribution in [1.82, 2.24) is 0 Å². The van der Waals surface area contributed by atoms with Crippen LogP contribution in [0, 0.1) is 0 Å². The van der Waals surface area contributed by atoms with Crippen LogP contribution in [0.4, 0.5) is 0 Å². The lowest BCUT2D eigenvalue weighted by atomic mass is 9.68. The number of rotatable bonds is 3. The third kappa shape index (κ3) is 2.22. The van der Waals surface area contributed by atoms with Gasteiger partial charge in [-0.3, -0.25) is 9.59 Å². The van der Waals surface area contributed by atoms with Gasteiger partial charge in [-0.1, -0.05) is 12.2 Å². The van der Waals surface area contributed by atoms with E-state index in [1.807, 2.05) is 6.08 Å². The SMILES string of the molecule is CO[C@@]12C=C[C@@H](CC1)c1c(OC(C)=O)ccc(OC(C)=O)c12. The molecule has 0 N–H and O–H groups in total. The van der Waals surface area contributed by atoms with E-state index in [4.69, 9.17) is 14.2 Å². The van der Waals surface area contributed by atoms with Crippen molar-refractivity contribution in [1.29, 1.82) is 0 Å². The summed E-state index contributed by atoms with van der Waals surface area (Å²) in [6.07, 6.45) is 5.78. The van der Waals surface area contributed by atoms with Crippen molar-refractivity contribution < 1.29 is 23.8 Å². The van der Waals surface area contributed by atoms with Crippen LogP contribution in [0.3, 0.4) is 0 Å². The summed E-state index contributed by atoms with van der Waals surface area (Å²) in [7, 11) is 1.63. The van der Waals surface area contributed by atoms with Gasteiger partial charge in [0.1, 0.15) is 17.1 Å². The molecular formula is C17H18O5. The number of carbonyl (C=O) groups is 2. The molecule has 4 rings (SSSR count). The zero-order valence-corrected chi connectivity index (χ0v) is 12.8. The standard InChI is InChI=1S/C17H18O5/c1-10(18)21-13-4-5-14(22-11(2)19)16-15(13)12-6-8-17(16,20-3)9-7-12/h4-6,8,12H,7,9H2,1-3H3/t12-,17-/m0/s1. The number of esters is 2. The predicted molar refractivity (Wildman–Crippen MR) is 78.9 cm³/mol. The molecule has 0 aliphatic heterocycles. The van der Waals surface area contributed by atoms with Gasteiger partial charge in [-0.15, -0.1) is 0 Å². The first kappa shape index (κ1) is 14.8. The monoisotopic (exact) mass is 302 g/mol. The lowest BCUT2D eigenvalue weighted by Crippen LogP contribution is -2.36. The Hall–Kier alpha value is -2.14. The molecule has 3 aliphatic carbocycles. The molecule has 1 aromatic rings. The highest BCUT2D eigenvalue weighted by molar-refractivity contribution is 5.74. The van der Waals surface area contributed by atoms with Crippen LogP contribution in [-0.2, 0) is 19.9 Å². The number of methoxy groups -OCH3 is 1. The number of benzene rings is 1. The Balaban J connectivity index is 2.22. The molecule has 0 saturated heterocycles. The summed E-state index contributed by atoms with van der Waals surface area (Å²) in [5.41, 5.74) is 1.04. The van der Waals surface area contributed by atoms with Gasteiger partial charge in [0.25, 0.3) is 0 Å². The smallest absolute Gasteiger partial charge is 0.308 e. The molecule has 0 fully saturated rings. The van der Waals surface area contributed by atoms with Gasteiger partial charge in [0.2, 0.25) is 0 Å². The summed E-state index contributed by atoms with van der Waals surface area (Å²) in [4.78, 5) is 22.8. The van der Waals surface area contributed by atoms with Gasteiger partial charge >= 0.3 is 11.9 Å². The Bertz CT molecular complexity index is 676. The Morgan fingerprint density at radius 2 is 1.77 bits per heavy atom. The molecule has 0 amide bonds. The van der Waals surface area contributed by atoms with E-state index in [0.717, 1.165) is 24.0 Å². The van der Waals surface area contributed by atoms with E-state index in [0.29, 0.717) is 11.5 Å². The lowest BCUT2D eigenvalue weighted by Gasteiger charge is -2.43. The number of ether oxygens (including phenoxy) is 3. The molecule has 5 heteroatoms. The van der Waals surface area contributed by atoms with Gasteiger partial charge in [-0.05, 0) is 25.0 Å². The van der Waals surface area contributed by atoms with Crippen LogP contribution in [0.15, 0.2) is 24.3 Å². The zero-order chi connectivity index (χ0) is 15.9. The minimum absolute atomic E-state index is 0.136. The molecular weight excluding hydrogens is 284 g/mol. The molecule has 22 heavy (non-hydrogen) atoms. The molecule has 116 valence electrons. The molecule has 0 saturated carbocycles. The number of carbonyl (C=O) groups excluding carboxylic acids is 2. The Kier molecular flexibility index (Phi) is 3.53. The Morgan fingerprint density at radius 1 is 1.14 bits per heavy atom. The first-order valence-corrected chi connectivity index (χ1v) is 7.25. The van der Waals surface area contributed by atoms with Crippen molar-refractivity contribution in [2.24, 2.45) is 0 Å². The van der Waals surface area contributed by atoms with Crippen molar-refractivity contribution in [3.8, 4) is 11.5 Å². The lowest BCUT2D eigenvalue weighted by molar-refractivity contribution is -0.133. The van der Waals surface area contributed by atoms with Crippen LogP contribution in [0.1, 0.15) is 43.7 Å². The van der Waals surface area contributed by atoms with E-state index in [1.165, 1.54) is 13.8 Å². The fraction of sp³-hybridized carbons (Fsp3) is 0.412. The number of allylic oxidation sites excluding steroid dienone is 1. The van der Waals surface area contributed by atoms with Crippen LogP contribution in [0.5, 0.6) is 11.5 Å². The van der Waals surface area contributed by atoms with E-state index in [1.54, 1.807) is 19.2 Å². The minimum atomic E-state index is -0.634. The molecule has 3 aliphatic rings. The molecule has 2 atom stereocenters. The largest absolute Gasteiger partial charge is 0.426 e. The molecule has 2 bridgehead atoms. The van der Waals surface area contributed by atoms with Crippen molar-refractivity contribution >= 4 is 11.9 Å². The highest BCUT2D eigenvalue weighted by atomic mass is 16.5. The predicted octanol–water partition coefficient (Wildman–Crippen LogP) is 2.83. The van der Waals surface area contributed by atoms with Crippen molar-refractivity contribution in [2.45, 2.75) is 38.2 Å². The van der Waals surface area contributed by atoms with Gasteiger partial charge in [0.05, 0.1) is 0 Å². The number of fused-ring (bicyclic) bond motifs is 1. The number of hydrogen-bond acceptors (Lipinski definition) is 5. The van der Waals surface area contributed by atoms with Crippen LogP contribution >= 0.6 is 0 Å². The Morgan fingerprint density at radius 3 is 2.32 bits per heavy atom. The topological polar surface area (TPSA) is 61.8 Å². The molecule has 1 aromatic carbocycles. The van der Waals surface area contributed by atoms with E-state index in [-0.39, 0.29) is 17.9 Å². The third-order valence-corrected chi connectivity index (χ3v) is 4.26. The summed E-state index contributed by atoms with van der Waals surface area (Å²) >= 11 is 0. The maximum Gasteiger partial charge on any atom is 0.308 e. The first-order valence-electron chi connectivity index (χ1n) is 7.25. The summed E-state index contributed by atoms with van der Waals surface area (Å²) < 4.78 is 16.5. The van der Waals surface area contributed by atoms with Crippen LogP contribution in [-0.4, -0.2) is 19.0 Å². The fourth-order valence-electron chi connectivity index (χ4n) is 3.41. The highest BCUT2D eigenvalue weighted by Gasteiger charge is 2.45. The molecule has 0 heterocycles. The Labute approximate surface area is 128 Å². The second kappa shape index (κ2) is 5.25. The van der Waals surface area contributed by atoms with Gasteiger partial charge in [-0.25, -0.2) is 0 Å². The molecule has 0 radical (unpaired) electrons. The van der Waals surface area contributed by atoms with E-state index in [9.17, 15) is 9.59 Å². The number of hydrogen-bond donors (Lipinski definition) is 0. The average Bonchev–Trinajstić information content (AvgIpc) is 2.49. The summed E-state index contributed by atoms with van der Waals surface area (Å²) in [6, 6.07) is 3.34. The van der Waals surface area contributed by atoms with Gasteiger partial charge in [0.15, 0.2) is 0 Å². The van der Waals surface area contributed by atoms with Crippen LogP contribution in [0.25, 0.3) is 0 Å². The van der Waals surface area contributed by atoms with Gasteiger partial charge in [0, 0.05) is 38.0 Å². The molecule has 0 spiro atoms. The third-order valence-electron chi connectivity index (χ3n) is 4.26. The first-order chi connectivity index (χ1) is 10.5. The minimum Gasteiger partial charge on any atom is -0.426 e. The van der Waals surface area contributed by atoms with Gasteiger partial charge < -0.3 is 14.2 Å². The molecule has 0 unspecified atom stereocenters. The maximum atomic E-state index is 11.4. The summed E-state index contributed by atoms with van der Waals surface area (Å²) in [6.45, 7) is 2.73. The normalized spacial score (nSPS) is 24.8. The molecule has 5 nitrogen and oxygen atoms in total. The van der Waals surface area contributed by atoms with Crippen LogP contribution in [0.2, 0.25) is 0 Å². The summed E-state index contributed by atoms with van der Waals surface area (Å²) in [5.74, 6) is 0.346. The van der Waals surface area contributed by atoms with E-state index < -0.39 is 5.60 Å². The quantitative estimate of drug-likeness (QED) is 0.488. The van der Waals surface area contributed by atoms with E-state index >= 15 is 0 Å². The zero-order valence-electron chi connectivity index (χ0n) is 12.8. The second-order valence-corrected chi connectivity index (χ2v) is 5.64. The van der Waals surface area contributed by atoms with E-state index in [2.05, 4.69) is 6.08 Å². The molecule has 0 aromatic heterocycles. The summed E-state index contributed by atoms with van der Waals surface area (Å²) in [5, 5.41) is 0. The average molecular weight is 302 g/mol. The highest BCUT2D eigenvalue weighted by Crippen LogP contribution is 2.55. The van der Waals surface area contributed by atoms with Gasteiger partial charge in [-0.2, -0.15) is 0 Å². The van der Waals surface area contributed by atoms with Crippen molar-refractivity contribution in [3.05, 3.63) is 35.4 Å². The van der Waals surface area contributed by atoms with Crippen LogP contribution < -0.4 is 9.47 Å².